The molecule has 0 saturated heterocycles. The summed E-state index contributed by atoms with van der Waals surface area (Å²) >= 11 is 0. The van der Waals surface area contributed by atoms with E-state index in [2.05, 4.69) is 0 Å². The zero-order valence-electron chi connectivity index (χ0n) is 7.38. The smallest absolute Gasteiger partial charge is 0.214 e. The molecule has 1 radical (unpaired) electrons. The van der Waals surface area contributed by atoms with Gasteiger partial charge in [0.25, 0.3) is 0 Å². The van der Waals surface area contributed by atoms with Crippen molar-refractivity contribution in [3.05, 3.63) is 41.3 Å². The maximum atomic E-state index is 11.1. The first-order chi connectivity index (χ1) is 6.64. The molecule has 0 aromatic heterocycles. The van der Waals surface area contributed by atoms with Crippen LogP contribution in [-0.4, -0.2) is 20.5 Å². The minimum absolute atomic E-state index is 0.587. The van der Waals surface area contributed by atoms with Gasteiger partial charge in [-0.05, 0) is 11.6 Å². The van der Waals surface area contributed by atoms with Crippen LogP contribution in [0.15, 0.2) is 35.7 Å². The van der Waals surface area contributed by atoms with Crippen LogP contribution in [0.3, 0.4) is 0 Å². The third-order valence-corrected chi connectivity index (χ3v) is 2.60. The minimum atomic E-state index is -3.43. The molecule has 0 spiro atoms. The molecule has 3 nitrogen and oxygen atoms in total. The lowest BCUT2D eigenvalue weighted by Gasteiger charge is -1.91. The monoisotopic (exact) mass is 209 g/mol. The normalized spacial score (nSPS) is 11.7. The zero-order valence-corrected chi connectivity index (χ0v) is 8.20. The van der Waals surface area contributed by atoms with Crippen molar-refractivity contribution in [3.63, 3.8) is 0 Å². The fraction of sp³-hybridized carbons (Fsp3) is 0.100. The number of rotatable bonds is 4. The Bertz CT molecular complexity index is 418. The molecular formula is C10H9O3S. The highest BCUT2D eigenvalue weighted by Crippen LogP contribution is 2.03. The summed E-state index contributed by atoms with van der Waals surface area (Å²) in [5.41, 5.74) is 0.780. The third kappa shape index (κ3) is 3.53. The third-order valence-electron chi connectivity index (χ3n) is 1.53. The van der Waals surface area contributed by atoms with Gasteiger partial charge >= 0.3 is 0 Å². The van der Waals surface area contributed by atoms with Crippen LogP contribution in [-0.2, 0) is 14.6 Å². The first-order valence-corrected chi connectivity index (χ1v) is 5.66. The van der Waals surface area contributed by atoms with E-state index in [4.69, 9.17) is 0 Å². The highest BCUT2D eigenvalue weighted by atomic mass is 32.2. The molecule has 0 saturated carbocycles. The Hall–Kier alpha value is -1.42. The van der Waals surface area contributed by atoms with Gasteiger partial charge < -0.3 is 0 Å². The summed E-state index contributed by atoms with van der Waals surface area (Å²) in [6.07, 6.45) is 2.81. The van der Waals surface area contributed by atoms with Crippen molar-refractivity contribution in [2.24, 2.45) is 0 Å². The Morgan fingerprint density at radius 2 is 1.86 bits per heavy atom. The van der Waals surface area contributed by atoms with Crippen molar-refractivity contribution >= 4 is 22.2 Å². The summed E-state index contributed by atoms with van der Waals surface area (Å²) in [4.78, 5) is 9.89. The Labute approximate surface area is 83.0 Å². The minimum Gasteiger partial charge on any atom is -0.290 e. The van der Waals surface area contributed by atoms with E-state index in [1.807, 2.05) is 6.07 Å². The van der Waals surface area contributed by atoms with E-state index in [-0.39, 0.29) is 0 Å². The zero-order chi connectivity index (χ0) is 10.4. The van der Waals surface area contributed by atoms with E-state index in [0.29, 0.717) is 0 Å². The van der Waals surface area contributed by atoms with Gasteiger partial charge in [0, 0.05) is 5.41 Å². The van der Waals surface area contributed by atoms with Crippen molar-refractivity contribution < 1.29 is 13.2 Å². The Balaban J connectivity index is 2.79. The summed E-state index contributed by atoms with van der Waals surface area (Å²) < 4.78 is 22.1. The fourth-order valence-electron chi connectivity index (χ4n) is 0.877. The van der Waals surface area contributed by atoms with Gasteiger partial charge in [-0.15, -0.1) is 0 Å². The molecule has 4 heteroatoms. The molecule has 0 fully saturated rings. The summed E-state index contributed by atoms with van der Waals surface area (Å²) in [5.74, 6) is -0.587. The van der Waals surface area contributed by atoms with Gasteiger partial charge in [-0.2, -0.15) is 0 Å². The lowest BCUT2D eigenvalue weighted by atomic mass is 10.2. The molecule has 1 aromatic carbocycles. The predicted molar refractivity (Wildman–Crippen MR) is 55.0 cm³/mol. The van der Waals surface area contributed by atoms with Gasteiger partial charge in [-0.1, -0.05) is 30.3 Å². The molecule has 0 heterocycles. The van der Waals surface area contributed by atoms with Crippen LogP contribution in [0.5, 0.6) is 0 Å². The Morgan fingerprint density at radius 1 is 1.21 bits per heavy atom. The molecule has 73 valence electrons. The summed E-state index contributed by atoms with van der Waals surface area (Å²) in [5, 5.41) is 1.02. The maximum Gasteiger partial charge on any atom is 0.214 e. The summed E-state index contributed by atoms with van der Waals surface area (Å²) in [6, 6.07) is 8.99. The van der Waals surface area contributed by atoms with E-state index in [9.17, 15) is 13.2 Å². The molecule has 0 atom stereocenters. The standard InChI is InChI=1S/C10H9O3S/c11-7-9-14(12,13)8-6-10-4-2-1-3-5-10/h1-6,8H,9H2/b8-6-. The van der Waals surface area contributed by atoms with Crippen molar-refractivity contribution in [1.82, 2.24) is 0 Å². The van der Waals surface area contributed by atoms with Crippen LogP contribution in [0.1, 0.15) is 5.56 Å². The highest BCUT2D eigenvalue weighted by Gasteiger charge is 2.03. The van der Waals surface area contributed by atoms with Crippen LogP contribution in [0.2, 0.25) is 0 Å². The largest absolute Gasteiger partial charge is 0.290 e. The van der Waals surface area contributed by atoms with Gasteiger partial charge in [-0.3, -0.25) is 4.79 Å². The van der Waals surface area contributed by atoms with Crippen LogP contribution in [0, 0.1) is 0 Å². The average Bonchev–Trinajstić information content (AvgIpc) is 2.17. The highest BCUT2D eigenvalue weighted by molar-refractivity contribution is 7.95. The van der Waals surface area contributed by atoms with Crippen molar-refractivity contribution in [2.45, 2.75) is 0 Å². The number of benzene rings is 1. The topological polar surface area (TPSA) is 51.2 Å². The molecule has 0 aliphatic carbocycles. The van der Waals surface area contributed by atoms with E-state index < -0.39 is 15.6 Å². The molecule has 1 aromatic rings. The van der Waals surface area contributed by atoms with Crippen molar-refractivity contribution in [1.29, 1.82) is 0 Å². The van der Waals surface area contributed by atoms with Crippen LogP contribution in [0.25, 0.3) is 6.08 Å². The molecule has 0 amide bonds. The molecule has 0 unspecified atom stereocenters. The molecule has 0 aliphatic heterocycles. The van der Waals surface area contributed by atoms with Crippen molar-refractivity contribution in [2.75, 3.05) is 5.75 Å². The molecule has 0 N–H and O–H groups in total. The number of hydrogen-bond donors (Lipinski definition) is 0. The van der Waals surface area contributed by atoms with E-state index >= 15 is 0 Å². The van der Waals surface area contributed by atoms with E-state index in [0.717, 1.165) is 11.0 Å². The molecule has 1 rings (SSSR count). The van der Waals surface area contributed by atoms with Crippen LogP contribution < -0.4 is 0 Å². The van der Waals surface area contributed by atoms with Gasteiger partial charge in [-0.25, -0.2) is 8.42 Å². The second kappa shape index (κ2) is 4.72. The first-order valence-electron chi connectivity index (χ1n) is 3.95. The maximum absolute atomic E-state index is 11.1. The lowest BCUT2D eigenvalue weighted by Crippen LogP contribution is -2.02. The van der Waals surface area contributed by atoms with Gasteiger partial charge in [0.1, 0.15) is 5.75 Å². The fourth-order valence-corrected chi connectivity index (χ4v) is 1.50. The lowest BCUT2D eigenvalue weighted by molar-refractivity contribution is 0.558. The summed E-state index contributed by atoms with van der Waals surface area (Å²) in [7, 11) is -3.43. The molecule has 0 aliphatic rings. The average molecular weight is 209 g/mol. The summed E-state index contributed by atoms with van der Waals surface area (Å²) in [6.45, 7) is 0. The van der Waals surface area contributed by atoms with Gasteiger partial charge in [0.05, 0.1) is 0 Å². The Kier molecular flexibility index (Phi) is 3.59. The SMILES string of the molecule is O=[C]CS(=O)(=O)/C=C\c1ccccc1. The first kappa shape index (κ1) is 10.7. The second-order valence-electron chi connectivity index (χ2n) is 2.66. The quantitative estimate of drug-likeness (QED) is 0.748. The number of carbonyl (C=O) groups excluding carboxylic acids is 1. The molecular weight excluding hydrogens is 200 g/mol. The molecule has 14 heavy (non-hydrogen) atoms. The van der Waals surface area contributed by atoms with E-state index in [1.165, 1.54) is 12.4 Å². The van der Waals surface area contributed by atoms with Gasteiger partial charge in [0.15, 0.2) is 9.84 Å². The predicted octanol–water partition coefficient (Wildman–Crippen LogP) is 1.18. The number of hydrogen-bond acceptors (Lipinski definition) is 3. The van der Waals surface area contributed by atoms with Crippen LogP contribution in [0.4, 0.5) is 0 Å². The van der Waals surface area contributed by atoms with Crippen molar-refractivity contribution in [3.8, 4) is 0 Å². The molecule has 0 bridgehead atoms. The number of sulfone groups is 1. The van der Waals surface area contributed by atoms with E-state index in [1.54, 1.807) is 24.3 Å². The second-order valence-corrected chi connectivity index (χ2v) is 4.55. The van der Waals surface area contributed by atoms with Crippen LogP contribution >= 0.6 is 0 Å². The van der Waals surface area contributed by atoms with Gasteiger partial charge in [0.2, 0.25) is 6.29 Å². The Morgan fingerprint density at radius 3 is 2.43 bits per heavy atom.